The number of carbonyl (C=O) groups excluding carboxylic acids is 1. The molecule has 1 N–H and O–H groups in total. The van der Waals surface area contributed by atoms with Crippen molar-refractivity contribution in [2.45, 2.75) is 36.6 Å². The molecule has 0 aromatic heterocycles. The van der Waals surface area contributed by atoms with Crippen LogP contribution < -0.4 is 10.1 Å². The number of benzene rings is 1. The molecule has 0 radical (unpaired) electrons. The molecule has 1 aromatic carbocycles. The van der Waals surface area contributed by atoms with E-state index in [4.69, 9.17) is 4.74 Å². The first-order valence-corrected chi connectivity index (χ1v) is 10.2. The molecule has 8 heteroatoms. The van der Waals surface area contributed by atoms with Crippen molar-refractivity contribution in [2.75, 3.05) is 33.0 Å². The number of hydrogen-bond acceptors (Lipinski definition) is 5. The highest BCUT2D eigenvalue weighted by molar-refractivity contribution is 7.90. The van der Waals surface area contributed by atoms with Gasteiger partial charge in [-0.2, -0.15) is 0 Å². The molecule has 1 aromatic rings. The summed E-state index contributed by atoms with van der Waals surface area (Å²) in [6.07, 6.45) is 4.69. The standard InChI is InChI=1S/C17H26N2O4S.ClH/c1-19(17(20)13-14-5-3-10-18-14)11-4-12-23-15-6-8-16(9-7-15)24(2,21)22;/h6-9,14,18H,3-5,10-13H2,1-2H3;1H. The third-order valence-corrected chi connectivity index (χ3v) is 5.30. The molecule has 1 unspecified atom stereocenters. The van der Waals surface area contributed by atoms with Gasteiger partial charge in [-0.05, 0) is 50.1 Å². The van der Waals surface area contributed by atoms with Gasteiger partial charge in [-0.15, -0.1) is 12.4 Å². The Hall–Kier alpha value is -1.31. The van der Waals surface area contributed by atoms with Crippen molar-refractivity contribution in [2.24, 2.45) is 0 Å². The zero-order valence-corrected chi connectivity index (χ0v) is 16.4. The quantitative estimate of drug-likeness (QED) is 0.686. The molecule has 1 fully saturated rings. The second-order valence-electron chi connectivity index (χ2n) is 6.26. The van der Waals surface area contributed by atoms with Crippen molar-refractivity contribution < 1.29 is 17.9 Å². The minimum absolute atomic E-state index is 0. The first-order valence-electron chi connectivity index (χ1n) is 8.26. The Labute approximate surface area is 156 Å². The number of amides is 1. The lowest BCUT2D eigenvalue weighted by molar-refractivity contribution is -0.130. The van der Waals surface area contributed by atoms with Gasteiger partial charge >= 0.3 is 0 Å². The summed E-state index contributed by atoms with van der Waals surface area (Å²) in [5.74, 6) is 0.790. The molecular weight excluding hydrogens is 364 g/mol. The third-order valence-electron chi connectivity index (χ3n) is 4.17. The summed E-state index contributed by atoms with van der Waals surface area (Å²) in [5.41, 5.74) is 0. The van der Waals surface area contributed by atoms with Crippen LogP contribution in [0.1, 0.15) is 25.7 Å². The van der Waals surface area contributed by atoms with Gasteiger partial charge in [-0.25, -0.2) is 8.42 Å². The van der Waals surface area contributed by atoms with Crippen LogP contribution in [0.3, 0.4) is 0 Å². The van der Waals surface area contributed by atoms with Gasteiger partial charge in [0.05, 0.1) is 11.5 Å². The van der Waals surface area contributed by atoms with Gasteiger partial charge in [0.15, 0.2) is 9.84 Å². The van der Waals surface area contributed by atoms with E-state index in [1.165, 1.54) is 18.4 Å². The molecule has 0 saturated carbocycles. The number of carbonyl (C=O) groups is 1. The van der Waals surface area contributed by atoms with Crippen LogP contribution in [0, 0.1) is 0 Å². The molecular formula is C17H27ClN2O4S. The van der Waals surface area contributed by atoms with Crippen LogP contribution in [0.2, 0.25) is 0 Å². The van der Waals surface area contributed by atoms with Gasteiger partial charge in [0.1, 0.15) is 5.75 Å². The number of sulfone groups is 1. The van der Waals surface area contributed by atoms with Gasteiger partial charge in [-0.3, -0.25) is 4.79 Å². The summed E-state index contributed by atoms with van der Waals surface area (Å²) in [4.78, 5) is 14.1. The van der Waals surface area contributed by atoms with Crippen LogP contribution in [0.15, 0.2) is 29.2 Å². The summed E-state index contributed by atoms with van der Waals surface area (Å²) in [7, 11) is -1.36. The van der Waals surface area contributed by atoms with Crippen LogP contribution in [0.25, 0.3) is 0 Å². The maximum absolute atomic E-state index is 12.1. The Morgan fingerprint density at radius 2 is 2.00 bits per heavy atom. The lowest BCUT2D eigenvalue weighted by atomic mass is 10.1. The molecule has 1 saturated heterocycles. The van der Waals surface area contributed by atoms with E-state index in [1.54, 1.807) is 17.0 Å². The molecule has 1 atom stereocenters. The van der Waals surface area contributed by atoms with E-state index in [0.29, 0.717) is 31.4 Å². The van der Waals surface area contributed by atoms with E-state index in [-0.39, 0.29) is 23.2 Å². The maximum Gasteiger partial charge on any atom is 0.223 e. The summed E-state index contributed by atoms with van der Waals surface area (Å²) in [5, 5.41) is 3.33. The van der Waals surface area contributed by atoms with Crippen molar-refractivity contribution in [3.63, 3.8) is 0 Å². The minimum Gasteiger partial charge on any atom is -0.494 e. The second kappa shape index (κ2) is 9.99. The fraction of sp³-hybridized carbons (Fsp3) is 0.588. The summed E-state index contributed by atoms with van der Waals surface area (Å²) < 4.78 is 28.4. The van der Waals surface area contributed by atoms with Crippen LogP contribution in [-0.2, 0) is 14.6 Å². The molecule has 1 aliphatic heterocycles. The van der Waals surface area contributed by atoms with Crippen molar-refractivity contribution in [3.8, 4) is 5.75 Å². The van der Waals surface area contributed by atoms with Crippen molar-refractivity contribution >= 4 is 28.2 Å². The fourth-order valence-electron chi connectivity index (χ4n) is 2.70. The van der Waals surface area contributed by atoms with Crippen molar-refractivity contribution in [1.82, 2.24) is 10.2 Å². The van der Waals surface area contributed by atoms with E-state index in [9.17, 15) is 13.2 Å². The zero-order chi connectivity index (χ0) is 17.6. The molecule has 1 amide bonds. The average Bonchev–Trinajstić information content (AvgIpc) is 3.04. The van der Waals surface area contributed by atoms with Crippen LogP contribution in [0.5, 0.6) is 5.75 Å². The highest BCUT2D eigenvalue weighted by Gasteiger charge is 2.19. The lowest BCUT2D eigenvalue weighted by Gasteiger charge is -2.19. The number of hydrogen-bond donors (Lipinski definition) is 1. The largest absolute Gasteiger partial charge is 0.494 e. The number of rotatable bonds is 8. The highest BCUT2D eigenvalue weighted by atomic mass is 35.5. The fourth-order valence-corrected chi connectivity index (χ4v) is 3.33. The van der Waals surface area contributed by atoms with Crippen LogP contribution in [0.4, 0.5) is 0 Å². The number of halogens is 1. The molecule has 6 nitrogen and oxygen atoms in total. The van der Waals surface area contributed by atoms with E-state index in [0.717, 1.165) is 25.8 Å². The number of nitrogens with one attached hydrogen (secondary N) is 1. The third kappa shape index (κ3) is 7.22. The molecule has 0 spiro atoms. The maximum atomic E-state index is 12.1. The zero-order valence-electron chi connectivity index (χ0n) is 14.7. The van der Waals surface area contributed by atoms with Gasteiger partial charge < -0.3 is 15.0 Å². The van der Waals surface area contributed by atoms with Crippen molar-refractivity contribution in [3.05, 3.63) is 24.3 Å². The Morgan fingerprint density at radius 3 is 2.56 bits per heavy atom. The van der Waals surface area contributed by atoms with E-state index >= 15 is 0 Å². The lowest BCUT2D eigenvalue weighted by Crippen LogP contribution is -2.34. The summed E-state index contributed by atoms with van der Waals surface area (Å²) in [6, 6.07) is 6.70. The van der Waals surface area contributed by atoms with E-state index in [1.807, 2.05) is 7.05 Å². The van der Waals surface area contributed by atoms with Gasteiger partial charge in [0.25, 0.3) is 0 Å². The van der Waals surface area contributed by atoms with Crippen LogP contribution >= 0.6 is 12.4 Å². The van der Waals surface area contributed by atoms with Gasteiger partial charge in [0, 0.05) is 32.3 Å². The van der Waals surface area contributed by atoms with E-state index < -0.39 is 9.84 Å². The Kier molecular flexibility index (Phi) is 8.68. The highest BCUT2D eigenvalue weighted by Crippen LogP contribution is 2.16. The average molecular weight is 391 g/mol. The van der Waals surface area contributed by atoms with Gasteiger partial charge in [-0.1, -0.05) is 0 Å². The molecule has 142 valence electrons. The van der Waals surface area contributed by atoms with Crippen molar-refractivity contribution in [1.29, 1.82) is 0 Å². The first kappa shape index (κ1) is 21.7. The first-order chi connectivity index (χ1) is 11.4. The minimum atomic E-state index is -3.18. The molecule has 1 aliphatic rings. The topological polar surface area (TPSA) is 75.7 Å². The molecule has 1 heterocycles. The Balaban J connectivity index is 0.00000312. The van der Waals surface area contributed by atoms with Crippen LogP contribution in [-0.4, -0.2) is 58.3 Å². The molecule has 0 bridgehead atoms. The summed E-state index contributed by atoms with van der Waals surface area (Å²) in [6.45, 7) is 2.14. The molecule has 0 aliphatic carbocycles. The Morgan fingerprint density at radius 1 is 1.32 bits per heavy atom. The summed E-state index contributed by atoms with van der Waals surface area (Å²) >= 11 is 0. The smallest absolute Gasteiger partial charge is 0.223 e. The van der Waals surface area contributed by atoms with E-state index in [2.05, 4.69) is 5.32 Å². The van der Waals surface area contributed by atoms with Gasteiger partial charge in [0.2, 0.25) is 5.91 Å². The predicted octanol–water partition coefficient (Wildman–Crippen LogP) is 1.88. The normalized spacial score (nSPS) is 17.0. The predicted molar refractivity (Wildman–Crippen MR) is 100 cm³/mol. The SMILES string of the molecule is CN(CCCOc1ccc(S(C)(=O)=O)cc1)C(=O)CC1CCCN1.Cl. The second-order valence-corrected chi connectivity index (χ2v) is 8.27. The monoisotopic (exact) mass is 390 g/mol. The Bertz CT molecular complexity index is 643. The molecule has 25 heavy (non-hydrogen) atoms. The molecule has 2 rings (SSSR count). The number of ether oxygens (including phenoxy) is 1. The number of nitrogens with zero attached hydrogens (tertiary/aromatic N) is 1.